The van der Waals surface area contributed by atoms with Crippen LogP contribution in [0.25, 0.3) is 0 Å². The van der Waals surface area contributed by atoms with Crippen molar-refractivity contribution in [2.45, 2.75) is 24.4 Å². The maximum Gasteiger partial charge on any atom is 0.334 e. The second kappa shape index (κ2) is 9.14. The van der Waals surface area contributed by atoms with Crippen molar-refractivity contribution in [1.29, 1.82) is 0 Å². The molecule has 0 aliphatic carbocycles. The van der Waals surface area contributed by atoms with Gasteiger partial charge in [0, 0.05) is 20.1 Å². The first-order chi connectivity index (χ1) is 11.7. The van der Waals surface area contributed by atoms with Crippen LogP contribution in [0.5, 0.6) is 0 Å². The van der Waals surface area contributed by atoms with Gasteiger partial charge in [0.1, 0.15) is 0 Å². The molecule has 1 unspecified atom stereocenters. The van der Waals surface area contributed by atoms with Gasteiger partial charge in [0.15, 0.2) is 0 Å². The third-order valence-corrected chi connectivity index (χ3v) is 6.71. The molecule has 0 spiro atoms. The van der Waals surface area contributed by atoms with Crippen LogP contribution in [0.15, 0.2) is 60.7 Å². The molecule has 4 nitrogen and oxygen atoms in total. The lowest BCUT2D eigenvalue weighted by molar-refractivity contribution is 0.259. The average Bonchev–Trinajstić information content (AvgIpc) is 2.66. The molecule has 5 heteroatoms. The molecule has 0 aliphatic heterocycles. The Morgan fingerprint density at radius 1 is 0.917 bits per heavy atom. The summed E-state index contributed by atoms with van der Waals surface area (Å²) in [6.07, 6.45) is 1.43. The first-order valence-electron chi connectivity index (χ1n) is 8.17. The molecule has 0 fully saturated rings. The highest BCUT2D eigenvalue weighted by molar-refractivity contribution is 7.54. The van der Waals surface area contributed by atoms with Gasteiger partial charge >= 0.3 is 7.60 Å². The Kier molecular flexibility index (Phi) is 7.19. The van der Waals surface area contributed by atoms with Crippen LogP contribution < -0.4 is 5.73 Å². The zero-order valence-electron chi connectivity index (χ0n) is 14.3. The summed E-state index contributed by atoms with van der Waals surface area (Å²) in [6.45, 7) is 0.542. The molecule has 0 amide bonds. The molecule has 0 saturated heterocycles. The minimum absolute atomic E-state index is 0.0790. The van der Waals surface area contributed by atoms with E-state index in [9.17, 15) is 4.57 Å². The van der Waals surface area contributed by atoms with Crippen molar-refractivity contribution in [2.75, 3.05) is 20.8 Å². The van der Waals surface area contributed by atoms with Crippen LogP contribution in [0.3, 0.4) is 0 Å². The Labute approximate surface area is 144 Å². The SMILES string of the molecule is COP(=O)(OC)C(CCCN)C(c1ccccc1)c1ccccc1. The molecule has 1 atom stereocenters. The fourth-order valence-corrected chi connectivity index (χ4v) is 5.04. The zero-order chi connectivity index (χ0) is 17.4. The van der Waals surface area contributed by atoms with Crippen LogP contribution in [0.2, 0.25) is 0 Å². The van der Waals surface area contributed by atoms with Crippen LogP contribution in [0.4, 0.5) is 0 Å². The van der Waals surface area contributed by atoms with E-state index in [1.807, 2.05) is 36.4 Å². The molecule has 0 radical (unpaired) electrons. The van der Waals surface area contributed by atoms with Gasteiger partial charge in [-0.3, -0.25) is 4.57 Å². The Hall–Kier alpha value is -1.45. The van der Waals surface area contributed by atoms with Crippen LogP contribution in [-0.4, -0.2) is 26.4 Å². The van der Waals surface area contributed by atoms with E-state index in [2.05, 4.69) is 24.3 Å². The first kappa shape index (κ1) is 18.9. The molecular weight excluding hydrogens is 321 g/mol. The quantitative estimate of drug-likeness (QED) is 0.683. The van der Waals surface area contributed by atoms with Crippen molar-refractivity contribution < 1.29 is 13.6 Å². The predicted octanol–water partition coefficient (Wildman–Crippen LogP) is 4.41. The largest absolute Gasteiger partial charge is 0.334 e. The van der Waals surface area contributed by atoms with Crippen LogP contribution in [-0.2, 0) is 13.6 Å². The third-order valence-electron chi connectivity index (χ3n) is 4.32. The van der Waals surface area contributed by atoms with Crippen LogP contribution in [0, 0.1) is 0 Å². The van der Waals surface area contributed by atoms with E-state index in [0.29, 0.717) is 13.0 Å². The highest BCUT2D eigenvalue weighted by Gasteiger charge is 2.40. The summed E-state index contributed by atoms with van der Waals surface area (Å²) in [7, 11) is -0.361. The standard InChI is InChI=1S/C19H26NO3P/c1-22-24(21,23-2)18(14-9-15-20)19(16-10-5-3-6-11-16)17-12-7-4-8-13-17/h3-8,10-13,18-19H,9,14-15,20H2,1-2H3. The summed E-state index contributed by atoms with van der Waals surface area (Å²) >= 11 is 0. The van der Waals surface area contributed by atoms with Crippen LogP contribution >= 0.6 is 7.60 Å². The van der Waals surface area contributed by atoms with E-state index >= 15 is 0 Å². The summed E-state index contributed by atoms with van der Waals surface area (Å²) in [5.74, 6) is -0.0790. The van der Waals surface area contributed by atoms with E-state index in [4.69, 9.17) is 14.8 Å². The highest BCUT2D eigenvalue weighted by Crippen LogP contribution is 2.59. The van der Waals surface area contributed by atoms with E-state index in [0.717, 1.165) is 17.5 Å². The molecule has 0 heterocycles. The summed E-state index contributed by atoms with van der Waals surface area (Å²) in [4.78, 5) is 0. The second-order valence-electron chi connectivity index (χ2n) is 5.70. The first-order valence-corrected chi connectivity index (χ1v) is 9.78. The van der Waals surface area contributed by atoms with Crippen molar-refractivity contribution in [2.24, 2.45) is 5.73 Å². The van der Waals surface area contributed by atoms with E-state index in [-0.39, 0.29) is 11.6 Å². The number of benzene rings is 2. The summed E-state index contributed by atoms with van der Waals surface area (Å²) in [5, 5.41) is 0. The third kappa shape index (κ3) is 4.34. The molecule has 0 saturated carbocycles. The zero-order valence-corrected chi connectivity index (χ0v) is 15.2. The molecule has 0 aliphatic rings. The van der Waals surface area contributed by atoms with E-state index < -0.39 is 7.60 Å². The van der Waals surface area contributed by atoms with Crippen molar-refractivity contribution in [1.82, 2.24) is 0 Å². The summed E-state index contributed by atoms with van der Waals surface area (Å²) in [6, 6.07) is 20.2. The lowest BCUT2D eigenvalue weighted by Crippen LogP contribution is -2.23. The van der Waals surface area contributed by atoms with Gasteiger partial charge in [-0.05, 0) is 30.5 Å². The van der Waals surface area contributed by atoms with Crippen molar-refractivity contribution in [3.8, 4) is 0 Å². The van der Waals surface area contributed by atoms with Gasteiger partial charge in [-0.1, -0.05) is 60.7 Å². The van der Waals surface area contributed by atoms with Gasteiger partial charge in [0.05, 0.1) is 5.66 Å². The maximum absolute atomic E-state index is 13.3. The smallest absolute Gasteiger partial charge is 0.330 e. The Bertz CT molecular complexity index is 601. The molecular formula is C19H26NO3P. The van der Waals surface area contributed by atoms with Gasteiger partial charge < -0.3 is 14.8 Å². The average molecular weight is 347 g/mol. The highest BCUT2D eigenvalue weighted by atomic mass is 31.2. The van der Waals surface area contributed by atoms with Gasteiger partial charge in [0.2, 0.25) is 0 Å². The van der Waals surface area contributed by atoms with Gasteiger partial charge in [-0.25, -0.2) is 0 Å². The minimum Gasteiger partial charge on any atom is -0.330 e. The van der Waals surface area contributed by atoms with Crippen molar-refractivity contribution >= 4 is 7.60 Å². The number of hydrogen-bond donors (Lipinski definition) is 1. The topological polar surface area (TPSA) is 61.5 Å². The monoisotopic (exact) mass is 347 g/mol. The lowest BCUT2D eigenvalue weighted by atomic mass is 9.86. The molecule has 0 bridgehead atoms. The fourth-order valence-electron chi connectivity index (χ4n) is 3.14. The Morgan fingerprint density at radius 3 is 1.75 bits per heavy atom. The number of rotatable bonds is 9. The molecule has 2 rings (SSSR count). The normalized spacial score (nSPS) is 13.2. The predicted molar refractivity (Wildman–Crippen MR) is 98.4 cm³/mol. The van der Waals surface area contributed by atoms with Crippen molar-refractivity contribution in [3.05, 3.63) is 71.8 Å². The Morgan fingerprint density at radius 2 is 1.38 bits per heavy atom. The molecule has 0 aromatic heterocycles. The second-order valence-corrected chi connectivity index (χ2v) is 8.18. The van der Waals surface area contributed by atoms with Gasteiger partial charge in [0.25, 0.3) is 0 Å². The fraction of sp³-hybridized carbons (Fsp3) is 0.368. The minimum atomic E-state index is -3.26. The number of nitrogens with two attached hydrogens (primary N) is 1. The molecule has 2 N–H and O–H groups in total. The van der Waals surface area contributed by atoms with E-state index in [1.54, 1.807) is 0 Å². The van der Waals surface area contributed by atoms with Crippen molar-refractivity contribution in [3.63, 3.8) is 0 Å². The van der Waals surface area contributed by atoms with Gasteiger partial charge in [-0.15, -0.1) is 0 Å². The summed E-state index contributed by atoms with van der Waals surface area (Å²) in [5.41, 5.74) is 7.61. The maximum atomic E-state index is 13.3. The van der Waals surface area contributed by atoms with E-state index in [1.165, 1.54) is 14.2 Å². The molecule has 24 heavy (non-hydrogen) atoms. The Balaban J connectivity index is 2.54. The number of hydrogen-bond acceptors (Lipinski definition) is 4. The molecule has 130 valence electrons. The van der Waals surface area contributed by atoms with Gasteiger partial charge in [-0.2, -0.15) is 0 Å². The lowest BCUT2D eigenvalue weighted by Gasteiger charge is -2.32. The van der Waals surface area contributed by atoms with Crippen LogP contribution in [0.1, 0.15) is 29.9 Å². The summed E-state index contributed by atoms with van der Waals surface area (Å²) < 4.78 is 24.0. The molecule has 2 aromatic carbocycles. The molecule has 2 aromatic rings.